The maximum Gasteiger partial charge on any atom is -0.00519 e. The summed E-state index contributed by atoms with van der Waals surface area (Å²) < 4.78 is 0. The summed E-state index contributed by atoms with van der Waals surface area (Å²) in [5.41, 5.74) is 0. The van der Waals surface area contributed by atoms with Gasteiger partial charge < -0.3 is 5.32 Å². The molecule has 0 aliphatic heterocycles. The minimum Gasteiger partial charge on any atom is -0.320 e. The number of hydrogen-bond acceptors (Lipinski definition) is 1. The van der Waals surface area contributed by atoms with E-state index in [4.69, 9.17) is 0 Å². The molecule has 102 valence electrons. The topological polar surface area (TPSA) is 12.0 Å². The van der Waals surface area contributed by atoms with Crippen LogP contribution in [-0.4, -0.2) is 13.6 Å². The standard InChI is InChI=1S/C16H33N/c1-17-15-11-10-14-16-12-8-6-4-2-3-5-7-9-13-16/h16-17H,2-15H2,1H3. The Bertz CT molecular complexity index is 144. The van der Waals surface area contributed by atoms with Crippen molar-refractivity contribution in [2.45, 2.75) is 83.5 Å². The first-order valence-electron chi connectivity index (χ1n) is 8.08. The average molecular weight is 239 g/mol. The van der Waals surface area contributed by atoms with E-state index in [1.165, 1.54) is 90.0 Å². The molecule has 1 nitrogen and oxygen atoms in total. The van der Waals surface area contributed by atoms with E-state index in [1.54, 1.807) is 0 Å². The first kappa shape index (κ1) is 15.0. The first-order chi connectivity index (χ1) is 8.43. The number of nitrogens with one attached hydrogen (secondary N) is 1. The third-order valence-electron chi connectivity index (χ3n) is 4.26. The number of hydrogen-bond donors (Lipinski definition) is 1. The second-order valence-corrected chi connectivity index (χ2v) is 5.87. The molecule has 0 saturated heterocycles. The summed E-state index contributed by atoms with van der Waals surface area (Å²) in [6.45, 7) is 1.20. The van der Waals surface area contributed by atoms with Gasteiger partial charge in [0.15, 0.2) is 0 Å². The summed E-state index contributed by atoms with van der Waals surface area (Å²) in [7, 11) is 2.06. The molecule has 1 rings (SSSR count). The third kappa shape index (κ3) is 8.65. The van der Waals surface area contributed by atoms with Crippen molar-refractivity contribution >= 4 is 0 Å². The average Bonchev–Trinajstić information content (AvgIpc) is 2.40. The molecule has 0 radical (unpaired) electrons. The summed E-state index contributed by atoms with van der Waals surface area (Å²) in [6, 6.07) is 0. The zero-order valence-electron chi connectivity index (χ0n) is 12.0. The van der Waals surface area contributed by atoms with E-state index in [-0.39, 0.29) is 0 Å². The van der Waals surface area contributed by atoms with Crippen LogP contribution in [0.5, 0.6) is 0 Å². The molecule has 0 atom stereocenters. The molecule has 0 amide bonds. The van der Waals surface area contributed by atoms with E-state index < -0.39 is 0 Å². The van der Waals surface area contributed by atoms with Gasteiger partial charge in [-0.3, -0.25) is 0 Å². The van der Waals surface area contributed by atoms with Crippen molar-refractivity contribution in [3.63, 3.8) is 0 Å². The van der Waals surface area contributed by atoms with Gasteiger partial charge in [-0.15, -0.1) is 0 Å². The van der Waals surface area contributed by atoms with Crippen LogP contribution in [0.15, 0.2) is 0 Å². The molecule has 1 heteroatoms. The van der Waals surface area contributed by atoms with Crippen molar-refractivity contribution in [1.29, 1.82) is 0 Å². The second-order valence-electron chi connectivity index (χ2n) is 5.87. The van der Waals surface area contributed by atoms with Gasteiger partial charge in [0.25, 0.3) is 0 Å². The van der Waals surface area contributed by atoms with Gasteiger partial charge in [-0.05, 0) is 25.9 Å². The van der Waals surface area contributed by atoms with Crippen LogP contribution in [0.2, 0.25) is 0 Å². The van der Waals surface area contributed by atoms with Crippen LogP contribution in [-0.2, 0) is 0 Å². The quantitative estimate of drug-likeness (QED) is 0.672. The van der Waals surface area contributed by atoms with Crippen LogP contribution in [0.4, 0.5) is 0 Å². The molecule has 1 fully saturated rings. The third-order valence-corrected chi connectivity index (χ3v) is 4.26. The first-order valence-corrected chi connectivity index (χ1v) is 8.08. The Morgan fingerprint density at radius 1 is 0.765 bits per heavy atom. The highest BCUT2D eigenvalue weighted by atomic mass is 14.8. The highest BCUT2D eigenvalue weighted by Gasteiger charge is 2.09. The maximum atomic E-state index is 3.25. The molecule has 0 aromatic heterocycles. The monoisotopic (exact) mass is 239 g/mol. The lowest BCUT2D eigenvalue weighted by atomic mass is 9.90. The number of rotatable bonds is 5. The van der Waals surface area contributed by atoms with Gasteiger partial charge in [-0.2, -0.15) is 0 Å². The number of unbranched alkanes of at least 4 members (excludes halogenated alkanes) is 1. The predicted molar refractivity (Wildman–Crippen MR) is 77.4 cm³/mol. The molecule has 17 heavy (non-hydrogen) atoms. The van der Waals surface area contributed by atoms with E-state index in [1.807, 2.05) is 0 Å². The SMILES string of the molecule is CNCCCCC1CCCCCCCCCC1. The molecule has 1 aliphatic carbocycles. The molecule has 0 bridgehead atoms. The predicted octanol–water partition coefficient (Wildman–Crippen LogP) is 4.91. The largest absolute Gasteiger partial charge is 0.320 e. The minimum absolute atomic E-state index is 1.05. The van der Waals surface area contributed by atoms with Gasteiger partial charge in [0.2, 0.25) is 0 Å². The van der Waals surface area contributed by atoms with Crippen molar-refractivity contribution in [1.82, 2.24) is 5.32 Å². The van der Waals surface area contributed by atoms with Crippen LogP contribution in [0.1, 0.15) is 83.5 Å². The van der Waals surface area contributed by atoms with E-state index in [2.05, 4.69) is 12.4 Å². The Kier molecular flexibility index (Phi) is 9.78. The molecular weight excluding hydrogens is 206 g/mol. The van der Waals surface area contributed by atoms with E-state index in [0.717, 1.165) is 5.92 Å². The van der Waals surface area contributed by atoms with Crippen molar-refractivity contribution in [3.8, 4) is 0 Å². The van der Waals surface area contributed by atoms with Crippen molar-refractivity contribution in [2.75, 3.05) is 13.6 Å². The Labute approximate surface area is 109 Å². The van der Waals surface area contributed by atoms with Gasteiger partial charge in [0, 0.05) is 0 Å². The van der Waals surface area contributed by atoms with Crippen LogP contribution in [0, 0.1) is 5.92 Å². The van der Waals surface area contributed by atoms with E-state index >= 15 is 0 Å². The fourth-order valence-electron chi connectivity index (χ4n) is 3.09. The van der Waals surface area contributed by atoms with Crippen LogP contribution in [0.25, 0.3) is 0 Å². The molecule has 0 spiro atoms. The molecule has 1 N–H and O–H groups in total. The molecule has 0 aromatic rings. The summed E-state index contributed by atoms with van der Waals surface area (Å²) in [6.07, 6.45) is 19.3. The highest BCUT2D eigenvalue weighted by molar-refractivity contribution is 4.63. The van der Waals surface area contributed by atoms with Crippen molar-refractivity contribution in [2.24, 2.45) is 5.92 Å². The highest BCUT2D eigenvalue weighted by Crippen LogP contribution is 2.24. The maximum absolute atomic E-state index is 3.25. The molecule has 1 saturated carbocycles. The van der Waals surface area contributed by atoms with Crippen molar-refractivity contribution < 1.29 is 0 Å². The minimum atomic E-state index is 1.05. The summed E-state index contributed by atoms with van der Waals surface area (Å²) in [5, 5.41) is 3.25. The normalized spacial score (nSPS) is 21.0. The molecule has 0 unspecified atom stereocenters. The second kappa shape index (κ2) is 11.1. The Morgan fingerprint density at radius 2 is 1.29 bits per heavy atom. The van der Waals surface area contributed by atoms with Crippen LogP contribution in [0.3, 0.4) is 0 Å². The summed E-state index contributed by atoms with van der Waals surface area (Å²) >= 11 is 0. The Morgan fingerprint density at radius 3 is 1.82 bits per heavy atom. The molecular formula is C16H33N. The van der Waals surface area contributed by atoms with Crippen LogP contribution < -0.4 is 5.32 Å². The van der Waals surface area contributed by atoms with Crippen molar-refractivity contribution in [3.05, 3.63) is 0 Å². The van der Waals surface area contributed by atoms with E-state index in [0.29, 0.717) is 0 Å². The zero-order valence-corrected chi connectivity index (χ0v) is 12.0. The summed E-state index contributed by atoms with van der Waals surface area (Å²) in [5.74, 6) is 1.05. The van der Waals surface area contributed by atoms with Gasteiger partial charge >= 0.3 is 0 Å². The van der Waals surface area contributed by atoms with Gasteiger partial charge in [0.05, 0.1) is 0 Å². The lowest BCUT2D eigenvalue weighted by Crippen LogP contribution is -2.08. The van der Waals surface area contributed by atoms with Gasteiger partial charge in [-0.1, -0.05) is 77.0 Å². The smallest absolute Gasteiger partial charge is 0.00519 e. The van der Waals surface area contributed by atoms with Gasteiger partial charge in [-0.25, -0.2) is 0 Å². The Hall–Kier alpha value is -0.0400. The molecule has 1 aliphatic rings. The fraction of sp³-hybridized carbons (Fsp3) is 1.00. The lowest BCUT2D eigenvalue weighted by molar-refractivity contribution is 0.375. The Balaban J connectivity index is 2.13. The molecule has 0 aromatic carbocycles. The fourth-order valence-corrected chi connectivity index (χ4v) is 3.09. The molecule has 0 heterocycles. The van der Waals surface area contributed by atoms with Crippen LogP contribution >= 0.6 is 0 Å². The zero-order chi connectivity index (χ0) is 12.2. The summed E-state index contributed by atoms with van der Waals surface area (Å²) in [4.78, 5) is 0. The van der Waals surface area contributed by atoms with E-state index in [9.17, 15) is 0 Å². The van der Waals surface area contributed by atoms with Gasteiger partial charge in [0.1, 0.15) is 0 Å². The lowest BCUT2D eigenvalue weighted by Gasteiger charge is -2.16.